The highest BCUT2D eigenvalue weighted by Gasteiger charge is 2.29. The monoisotopic (exact) mass is 223 g/mol. The Bertz CT molecular complexity index is 340. The van der Waals surface area contributed by atoms with Crippen molar-refractivity contribution in [1.82, 2.24) is 9.97 Å². The molecule has 0 spiro atoms. The average Bonchev–Trinajstić information content (AvgIpc) is 2.24. The number of nitrogens with zero attached hydrogens (tertiary/aromatic N) is 2. The highest BCUT2D eigenvalue weighted by molar-refractivity contribution is 5.18. The number of hydrogen-bond donors (Lipinski definition) is 1. The summed E-state index contributed by atoms with van der Waals surface area (Å²) in [7, 11) is 0. The Balaban J connectivity index is 1.87. The summed E-state index contributed by atoms with van der Waals surface area (Å²) in [5.74, 6) is 1.75. The van der Waals surface area contributed by atoms with Crippen LogP contribution >= 0.6 is 0 Å². The third kappa shape index (κ3) is 2.61. The number of aromatic nitrogens is 2. The predicted molar refractivity (Wildman–Crippen MR) is 59.4 cm³/mol. The van der Waals surface area contributed by atoms with Crippen molar-refractivity contribution in [2.45, 2.75) is 25.9 Å². The van der Waals surface area contributed by atoms with Crippen LogP contribution in [0.5, 0.6) is 11.8 Å². The Kier molecular flexibility index (Phi) is 3.56. The molecule has 5 heteroatoms. The molecule has 0 aromatic carbocycles. The zero-order valence-corrected chi connectivity index (χ0v) is 9.43. The van der Waals surface area contributed by atoms with Crippen LogP contribution in [-0.2, 0) is 0 Å². The van der Waals surface area contributed by atoms with Gasteiger partial charge in [-0.1, -0.05) is 0 Å². The van der Waals surface area contributed by atoms with Gasteiger partial charge >= 0.3 is 0 Å². The molecule has 1 aromatic rings. The number of hydrogen-bond acceptors (Lipinski definition) is 5. The molecule has 88 valence electrons. The highest BCUT2D eigenvalue weighted by atomic mass is 16.5. The molecular weight excluding hydrogens is 206 g/mol. The third-order valence-corrected chi connectivity index (χ3v) is 2.72. The summed E-state index contributed by atoms with van der Waals surface area (Å²) < 4.78 is 11.0. The Morgan fingerprint density at radius 2 is 2.12 bits per heavy atom. The fourth-order valence-corrected chi connectivity index (χ4v) is 1.75. The number of ether oxygens (including phenoxy) is 2. The first-order chi connectivity index (χ1) is 7.81. The van der Waals surface area contributed by atoms with Gasteiger partial charge in [0.25, 0.3) is 0 Å². The Morgan fingerprint density at radius 1 is 1.38 bits per heavy atom. The van der Waals surface area contributed by atoms with Gasteiger partial charge in [0.15, 0.2) is 0 Å². The van der Waals surface area contributed by atoms with Gasteiger partial charge in [-0.05, 0) is 32.2 Å². The van der Waals surface area contributed by atoms with Crippen LogP contribution in [-0.4, -0.2) is 29.2 Å². The zero-order valence-electron chi connectivity index (χ0n) is 9.43. The molecule has 1 heterocycles. The molecular formula is C11H17N3O2. The molecule has 0 saturated heterocycles. The van der Waals surface area contributed by atoms with Crippen LogP contribution < -0.4 is 15.2 Å². The van der Waals surface area contributed by atoms with Crippen molar-refractivity contribution in [3.63, 3.8) is 0 Å². The molecule has 1 fully saturated rings. The molecule has 1 saturated carbocycles. The van der Waals surface area contributed by atoms with Crippen LogP contribution in [0.25, 0.3) is 0 Å². The van der Waals surface area contributed by atoms with Gasteiger partial charge in [0.05, 0.1) is 12.7 Å². The Morgan fingerprint density at radius 3 is 2.81 bits per heavy atom. The van der Waals surface area contributed by atoms with Crippen LogP contribution in [0.1, 0.15) is 19.8 Å². The lowest BCUT2D eigenvalue weighted by Crippen LogP contribution is -2.37. The zero-order chi connectivity index (χ0) is 11.4. The molecule has 2 rings (SSSR count). The lowest BCUT2D eigenvalue weighted by atomic mass is 9.82. The first kappa shape index (κ1) is 11.1. The first-order valence-electron chi connectivity index (χ1n) is 5.63. The standard InChI is InChI=1S/C11H17N3O2/c1-2-15-10-5-11(14-7-13-10)16-9-3-8(4-9)6-12/h5,7-9H,2-4,6,12H2,1H3. The van der Waals surface area contributed by atoms with Crippen molar-refractivity contribution in [2.24, 2.45) is 11.7 Å². The molecule has 0 amide bonds. The van der Waals surface area contributed by atoms with Crippen LogP contribution in [0, 0.1) is 5.92 Å². The second kappa shape index (κ2) is 5.12. The molecule has 16 heavy (non-hydrogen) atoms. The second-order valence-corrected chi connectivity index (χ2v) is 3.94. The third-order valence-electron chi connectivity index (χ3n) is 2.72. The molecule has 1 aliphatic rings. The van der Waals surface area contributed by atoms with E-state index in [2.05, 4.69) is 9.97 Å². The molecule has 1 aromatic heterocycles. The van der Waals surface area contributed by atoms with Gasteiger partial charge in [0.2, 0.25) is 11.8 Å². The minimum absolute atomic E-state index is 0.248. The second-order valence-electron chi connectivity index (χ2n) is 3.94. The molecule has 1 aliphatic carbocycles. The van der Waals surface area contributed by atoms with Gasteiger partial charge in [0, 0.05) is 0 Å². The summed E-state index contributed by atoms with van der Waals surface area (Å²) in [6.45, 7) is 3.25. The summed E-state index contributed by atoms with van der Waals surface area (Å²) in [6.07, 6.45) is 3.74. The number of rotatable bonds is 5. The minimum atomic E-state index is 0.248. The van der Waals surface area contributed by atoms with Crippen molar-refractivity contribution in [1.29, 1.82) is 0 Å². The van der Waals surface area contributed by atoms with E-state index in [0.29, 0.717) is 24.3 Å². The Hall–Kier alpha value is -1.36. The minimum Gasteiger partial charge on any atom is -0.478 e. The van der Waals surface area contributed by atoms with Crippen LogP contribution in [0.15, 0.2) is 12.4 Å². The maximum Gasteiger partial charge on any atom is 0.220 e. The molecule has 0 aliphatic heterocycles. The van der Waals surface area contributed by atoms with Crippen molar-refractivity contribution in [3.8, 4) is 11.8 Å². The van der Waals surface area contributed by atoms with Gasteiger partial charge in [-0.25, -0.2) is 9.97 Å². The van der Waals surface area contributed by atoms with Crippen molar-refractivity contribution in [3.05, 3.63) is 12.4 Å². The van der Waals surface area contributed by atoms with Gasteiger partial charge in [-0.3, -0.25) is 0 Å². The smallest absolute Gasteiger partial charge is 0.220 e. The van der Waals surface area contributed by atoms with E-state index in [1.807, 2.05) is 6.92 Å². The highest BCUT2D eigenvalue weighted by Crippen LogP contribution is 2.30. The van der Waals surface area contributed by atoms with Gasteiger partial charge in [-0.2, -0.15) is 0 Å². The van der Waals surface area contributed by atoms with E-state index in [1.54, 1.807) is 6.07 Å². The summed E-state index contributed by atoms with van der Waals surface area (Å²) >= 11 is 0. The van der Waals surface area contributed by atoms with Gasteiger partial charge in [-0.15, -0.1) is 0 Å². The lowest BCUT2D eigenvalue weighted by molar-refractivity contribution is 0.0644. The fraction of sp³-hybridized carbons (Fsp3) is 0.636. The van der Waals surface area contributed by atoms with E-state index in [4.69, 9.17) is 15.2 Å². The molecule has 2 N–H and O–H groups in total. The summed E-state index contributed by atoms with van der Waals surface area (Å²) in [4.78, 5) is 8.03. The average molecular weight is 223 g/mol. The van der Waals surface area contributed by atoms with Crippen LogP contribution in [0.2, 0.25) is 0 Å². The SMILES string of the molecule is CCOc1cc(OC2CC(CN)C2)ncn1. The quantitative estimate of drug-likeness (QED) is 0.806. The lowest BCUT2D eigenvalue weighted by Gasteiger charge is -2.33. The maximum atomic E-state index is 5.68. The summed E-state index contributed by atoms with van der Waals surface area (Å²) in [5.41, 5.74) is 5.55. The first-order valence-corrected chi connectivity index (χ1v) is 5.63. The molecule has 0 bridgehead atoms. The largest absolute Gasteiger partial charge is 0.478 e. The van der Waals surface area contributed by atoms with Crippen molar-refractivity contribution < 1.29 is 9.47 Å². The number of nitrogens with two attached hydrogens (primary N) is 1. The molecule has 5 nitrogen and oxygen atoms in total. The molecule has 0 atom stereocenters. The van der Waals surface area contributed by atoms with E-state index in [1.165, 1.54) is 6.33 Å². The maximum absolute atomic E-state index is 5.68. The summed E-state index contributed by atoms with van der Waals surface area (Å²) in [6, 6.07) is 1.72. The topological polar surface area (TPSA) is 70.3 Å². The van der Waals surface area contributed by atoms with E-state index in [0.717, 1.165) is 19.4 Å². The van der Waals surface area contributed by atoms with Gasteiger partial charge < -0.3 is 15.2 Å². The molecule has 0 unspecified atom stereocenters. The van der Waals surface area contributed by atoms with Crippen LogP contribution in [0.4, 0.5) is 0 Å². The van der Waals surface area contributed by atoms with E-state index in [-0.39, 0.29) is 6.10 Å². The van der Waals surface area contributed by atoms with Crippen molar-refractivity contribution >= 4 is 0 Å². The summed E-state index contributed by atoms with van der Waals surface area (Å²) in [5, 5.41) is 0. The Labute approximate surface area is 95.0 Å². The van der Waals surface area contributed by atoms with E-state index in [9.17, 15) is 0 Å². The van der Waals surface area contributed by atoms with Gasteiger partial charge in [0.1, 0.15) is 12.4 Å². The van der Waals surface area contributed by atoms with Crippen LogP contribution in [0.3, 0.4) is 0 Å². The molecule has 0 radical (unpaired) electrons. The van der Waals surface area contributed by atoms with E-state index >= 15 is 0 Å². The normalized spacial score (nSPS) is 23.6. The van der Waals surface area contributed by atoms with E-state index < -0.39 is 0 Å². The van der Waals surface area contributed by atoms with Crippen molar-refractivity contribution in [2.75, 3.05) is 13.2 Å². The fourth-order valence-electron chi connectivity index (χ4n) is 1.75. The predicted octanol–water partition coefficient (Wildman–Crippen LogP) is 0.991.